The highest BCUT2D eigenvalue weighted by Crippen LogP contribution is 2.20. The van der Waals surface area contributed by atoms with Crippen LogP contribution in [-0.2, 0) is 4.74 Å². The summed E-state index contributed by atoms with van der Waals surface area (Å²) in [5.41, 5.74) is 0.556. The molecule has 0 saturated carbocycles. The number of rotatable bonds is 7. The Morgan fingerprint density at radius 1 is 1.36 bits per heavy atom. The highest BCUT2D eigenvalue weighted by molar-refractivity contribution is 7.11. The number of ether oxygens (including phenoxy) is 2. The number of carbonyl (C=O) groups excluding carboxylic acids is 1. The lowest BCUT2D eigenvalue weighted by atomic mass is 10.2. The maximum Gasteiger partial charge on any atom is 0.273 e. The van der Waals surface area contributed by atoms with Crippen LogP contribution in [0.25, 0.3) is 0 Å². The first-order valence-electron chi connectivity index (χ1n) is 8.66. The maximum atomic E-state index is 13.0. The van der Waals surface area contributed by atoms with E-state index in [1.165, 1.54) is 0 Å². The van der Waals surface area contributed by atoms with E-state index in [1.807, 2.05) is 49.1 Å². The van der Waals surface area contributed by atoms with Crippen molar-refractivity contribution in [3.8, 4) is 5.75 Å². The van der Waals surface area contributed by atoms with Gasteiger partial charge in [0, 0.05) is 18.0 Å². The second-order valence-corrected chi connectivity index (χ2v) is 7.59. The quantitative estimate of drug-likeness (QED) is 0.759. The highest BCUT2D eigenvalue weighted by Gasteiger charge is 2.26. The third kappa shape index (κ3) is 4.80. The van der Waals surface area contributed by atoms with Crippen molar-refractivity contribution >= 4 is 17.2 Å². The van der Waals surface area contributed by atoms with E-state index in [9.17, 15) is 4.79 Å². The zero-order valence-electron chi connectivity index (χ0n) is 14.7. The first-order valence-corrected chi connectivity index (χ1v) is 9.48. The fourth-order valence-electron chi connectivity index (χ4n) is 2.98. The van der Waals surface area contributed by atoms with Gasteiger partial charge in [-0.1, -0.05) is 18.2 Å². The van der Waals surface area contributed by atoms with Crippen molar-refractivity contribution in [1.82, 2.24) is 9.88 Å². The van der Waals surface area contributed by atoms with Gasteiger partial charge in [0.15, 0.2) is 0 Å². The molecule has 1 unspecified atom stereocenters. The Bertz CT molecular complexity index is 696. The summed E-state index contributed by atoms with van der Waals surface area (Å²) in [6.45, 7) is 6.21. The molecule has 6 heteroatoms. The van der Waals surface area contributed by atoms with Gasteiger partial charge in [0.05, 0.1) is 17.7 Å². The van der Waals surface area contributed by atoms with E-state index in [0.717, 1.165) is 35.1 Å². The van der Waals surface area contributed by atoms with Crippen LogP contribution in [0.5, 0.6) is 5.75 Å². The number of hydrogen-bond donors (Lipinski definition) is 0. The van der Waals surface area contributed by atoms with Crippen molar-refractivity contribution in [2.24, 2.45) is 0 Å². The number of amides is 1. The van der Waals surface area contributed by atoms with Gasteiger partial charge in [-0.15, -0.1) is 11.3 Å². The molecule has 1 aliphatic heterocycles. The van der Waals surface area contributed by atoms with Crippen LogP contribution in [0.2, 0.25) is 0 Å². The van der Waals surface area contributed by atoms with Gasteiger partial charge in [-0.3, -0.25) is 4.79 Å². The molecule has 0 aliphatic carbocycles. The zero-order chi connectivity index (χ0) is 17.6. The molecular weight excluding hydrogens is 336 g/mol. The van der Waals surface area contributed by atoms with Gasteiger partial charge in [-0.25, -0.2) is 4.98 Å². The summed E-state index contributed by atoms with van der Waals surface area (Å²) in [5.74, 6) is 0.779. The first kappa shape index (κ1) is 17.9. The van der Waals surface area contributed by atoms with Crippen LogP contribution in [0.1, 0.15) is 33.2 Å². The van der Waals surface area contributed by atoms with Crippen LogP contribution in [0.15, 0.2) is 30.3 Å². The molecule has 2 heterocycles. The predicted octanol–water partition coefficient (Wildman–Crippen LogP) is 3.46. The van der Waals surface area contributed by atoms with Crippen molar-refractivity contribution in [3.05, 3.63) is 45.9 Å². The first-order chi connectivity index (χ1) is 12.1. The van der Waals surface area contributed by atoms with E-state index in [0.29, 0.717) is 25.4 Å². The molecular formula is C19H24N2O3S. The molecule has 0 radical (unpaired) electrons. The van der Waals surface area contributed by atoms with Crippen molar-refractivity contribution < 1.29 is 14.3 Å². The molecule has 25 heavy (non-hydrogen) atoms. The van der Waals surface area contributed by atoms with Gasteiger partial charge in [0.25, 0.3) is 5.91 Å². The molecule has 0 N–H and O–H groups in total. The average molecular weight is 360 g/mol. The minimum absolute atomic E-state index is 0.0333. The van der Waals surface area contributed by atoms with Crippen LogP contribution in [0.3, 0.4) is 0 Å². The Kier molecular flexibility index (Phi) is 6.04. The molecule has 1 aromatic heterocycles. The van der Waals surface area contributed by atoms with Crippen LogP contribution < -0.4 is 4.74 Å². The fourth-order valence-corrected chi connectivity index (χ4v) is 3.79. The van der Waals surface area contributed by atoms with Gasteiger partial charge in [0.2, 0.25) is 0 Å². The molecule has 0 spiro atoms. The van der Waals surface area contributed by atoms with Gasteiger partial charge in [-0.2, -0.15) is 0 Å². The molecule has 1 fully saturated rings. The summed E-state index contributed by atoms with van der Waals surface area (Å²) in [4.78, 5) is 20.2. The standard InChI is InChI=1S/C19H24N2O3S/c1-14-18(20-15(2)25-14)19(22)21(13-17-9-6-11-23-17)10-12-24-16-7-4-3-5-8-16/h3-5,7-8,17H,6,9-13H2,1-2H3. The minimum atomic E-state index is -0.0333. The Morgan fingerprint density at radius 3 is 2.80 bits per heavy atom. The van der Waals surface area contributed by atoms with E-state index in [1.54, 1.807) is 11.3 Å². The van der Waals surface area contributed by atoms with E-state index in [-0.39, 0.29) is 12.0 Å². The van der Waals surface area contributed by atoms with Crippen molar-refractivity contribution in [3.63, 3.8) is 0 Å². The van der Waals surface area contributed by atoms with Gasteiger partial charge in [-0.05, 0) is 38.8 Å². The van der Waals surface area contributed by atoms with Crippen LogP contribution in [0, 0.1) is 13.8 Å². The molecule has 1 saturated heterocycles. The molecule has 1 amide bonds. The Balaban J connectivity index is 1.65. The molecule has 1 aromatic carbocycles. The molecule has 2 aromatic rings. The third-order valence-corrected chi connectivity index (χ3v) is 5.10. The number of hydrogen-bond acceptors (Lipinski definition) is 5. The number of thiazole rings is 1. The lowest BCUT2D eigenvalue weighted by Crippen LogP contribution is -2.40. The molecule has 134 valence electrons. The monoisotopic (exact) mass is 360 g/mol. The summed E-state index contributed by atoms with van der Waals surface area (Å²) >= 11 is 1.56. The van der Waals surface area contributed by atoms with Gasteiger partial charge >= 0.3 is 0 Å². The summed E-state index contributed by atoms with van der Waals surface area (Å²) in [6, 6.07) is 9.66. The zero-order valence-corrected chi connectivity index (χ0v) is 15.6. The highest BCUT2D eigenvalue weighted by atomic mass is 32.1. The average Bonchev–Trinajstić information content (AvgIpc) is 3.23. The Morgan fingerprint density at radius 2 is 2.16 bits per heavy atom. The van der Waals surface area contributed by atoms with Crippen molar-refractivity contribution in [2.45, 2.75) is 32.8 Å². The van der Waals surface area contributed by atoms with Crippen LogP contribution in [-0.4, -0.2) is 48.2 Å². The smallest absolute Gasteiger partial charge is 0.273 e. The van der Waals surface area contributed by atoms with Crippen LogP contribution >= 0.6 is 11.3 Å². The SMILES string of the molecule is Cc1nc(C(=O)N(CCOc2ccccc2)CC2CCCO2)c(C)s1. The maximum absolute atomic E-state index is 13.0. The second kappa shape index (κ2) is 8.45. The lowest BCUT2D eigenvalue weighted by molar-refractivity contribution is 0.0489. The normalized spacial score (nSPS) is 16.8. The van der Waals surface area contributed by atoms with E-state index in [4.69, 9.17) is 9.47 Å². The lowest BCUT2D eigenvalue weighted by Gasteiger charge is -2.25. The number of para-hydroxylation sites is 1. The fraction of sp³-hybridized carbons (Fsp3) is 0.474. The summed E-state index contributed by atoms with van der Waals surface area (Å²) in [5, 5.41) is 0.915. The summed E-state index contributed by atoms with van der Waals surface area (Å²) in [6.07, 6.45) is 2.17. The number of aryl methyl sites for hydroxylation is 2. The van der Waals surface area contributed by atoms with Gasteiger partial charge in [0.1, 0.15) is 18.1 Å². The van der Waals surface area contributed by atoms with E-state index < -0.39 is 0 Å². The molecule has 1 aliphatic rings. The van der Waals surface area contributed by atoms with Crippen molar-refractivity contribution in [2.75, 3.05) is 26.3 Å². The third-order valence-electron chi connectivity index (χ3n) is 4.21. The van der Waals surface area contributed by atoms with Crippen LogP contribution in [0.4, 0.5) is 0 Å². The Labute approximate surface area is 152 Å². The predicted molar refractivity (Wildman–Crippen MR) is 98.4 cm³/mol. The number of aromatic nitrogens is 1. The molecule has 5 nitrogen and oxygen atoms in total. The van der Waals surface area contributed by atoms with E-state index >= 15 is 0 Å². The summed E-state index contributed by atoms with van der Waals surface area (Å²) < 4.78 is 11.5. The van der Waals surface area contributed by atoms with Crippen molar-refractivity contribution in [1.29, 1.82) is 0 Å². The molecule has 0 bridgehead atoms. The minimum Gasteiger partial charge on any atom is -0.492 e. The number of nitrogens with zero attached hydrogens (tertiary/aromatic N) is 2. The molecule has 3 rings (SSSR count). The largest absolute Gasteiger partial charge is 0.492 e. The topological polar surface area (TPSA) is 51.7 Å². The molecule has 1 atom stereocenters. The number of benzene rings is 1. The second-order valence-electron chi connectivity index (χ2n) is 6.19. The van der Waals surface area contributed by atoms with Gasteiger partial charge < -0.3 is 14.4 Å². The van der Waals surface area contributed by atoms with E-state index in [2.05, 4.69) is 4.98 Å². The number of carbonyl (C=O) groups is 1. The summed E-state index contributed by atoms with van der Waals surface area (Å²) in [7, 11) is 0. The Hall–Kier alpha value is -1.92.